The number of amides is 1. The number of rotatable bonds is 9. The molecule has 194 valence electrons. The van der Waals surface area contributed by atoms with E-state index in [1.165, 1.54) is 50.4 Å². The van der Waals surface area contributed by atoms with E-state index in [-0.39, 0.29) is 33.5 Å². The van der Waals surface area contributed by atoms with Crippen LogP contribution in [0.15, 0.2) is 70.7 Å². The van der Waals surface area contributed by atoms with E-state index < -0.39 is 38.0 Å². The Balaban J connectivity index is 2.04. The number of phenols is 1. The monoisotopic (exact) mass is 546 g/mol. The lowest BCUT2D eigenvalue weighted by molar-refractivity contribution is -0.385. The Kier molecular flexibility index (Phi) is 8.35. The van der Waals surface area contributed by atoms with Crippen molar-refractivity contribution in [3.8, 4) is 11.5 Å². The van der Waals surface area contributed by atoms with Crippen LogP contribution in [0.25, 0.3) is 0 Å². The molecule has 0 unspecified atom stereocenters. The number of hydrazone groups is 1. The number of carbonyl (C=O) groups is 1. The number of aryl methyl sites for hydroxylation is 1. The summed E-state index contributed by atoms with van der Waals surface area (Å²) in [6.07, 6.45) is 0. The summed E-state index contributed by atoms with van der Waals surface area (Å²) in [5.74, 6) is -0.787. The minimum atomic E-state index is -4.53. The van der Waals surface area contributed by atoms with Crippen molar-refractivity contribution in [1.29, 1.82) is 0 Å². The number of hydrogen-bond donors (Lipinski definition) is 2. The van der Waals surface area contributed by atoms with Crippen LogP contribution < -0.4 is 14.5 Å². The third-order valence-corrected chi connectivity index (χ3v) is 7.30. The number of nitrogens with zero attached hydrogens (tertiary/aromatic N) is 3. The molecule has 0 spiro atoms. The first-order valence-electron chi connectivity index (χ1n) is 10.7. The van der Waals surface area contributed by atoms with E-state index in [1.54, 1.807) is 25.1 Å². The van der Waals surface area contributed by atoms with E-state index in [9.17, 15) is 28.4 Å². The number of carbonyl (C=O) groups excluding carboxylic acids is 1. The number of nitro benzene ring substituents is 1. The molecular formula is C24H23ClN4O7S. The van der Waals surface area contributed by atoms with Crippen molar-refractivity contribution >= 4 is 44.6 Å². The number of sulfonamides is 1. The zero-order chi connectivity index (χ0) is 27.3. The third kappa shape index (κ3) is 6.16. The van der Waals surface area contributed by atoms with Crippen LogP contribution in [0.3, 0.4) is 0 Å². The first-order valence-corrected chi connectivity index (χ1v) is 12.5. The van der Waals surface area contributed by atoms with Gasteiger partial charge in [-0.1, -0.05) is 29.8 Å². The average molecular weight is 547 g/mol. The van der Waals surface area contributed by atoms with Crippen molar-refractivity contribution in [2.24, 2.45) is 5.10 Å². The van der Waals surface area contributed by atoms with Crippen LogP contribution >= 0.6 is 11.6 Å². The van der Waals surface area contributed by atoms with E-state index >= 15 is 0 Å². The van der Waals surface area contributed by atoms with Gasteiger partial charge in [-0.25, -0.2) is 13.8 Å². The molecule has 0 aliphatic carbocycles. The molecule has 0 heterocycles. The number of para-hydroxylation sites is 1. The standard InChI is InChI=1S/C24H23ClN4O7S/c1-15-8-10-18(13-20(15)29(32)33)37(34,35)28(21-12-17(25)9-11-23(21)36-3)14-24(31)27-26-16(2)19-6-4-5-7-22(19)30/h4-13,30H,14H2,1-3H3,(H,27,31)/b26-16-. The molecule has 0 bridgehead atoms. The molecule has 0 saturated carbocycles. The third-order valence-electron chi connectivity index (χ3n) is 5.30. The maximum Gasteiger partial charge on any atom is 0.273 e. The van der Waals surface area contributed by atoms with Crippen molar-refractivity contribution in [1.82, 2.24) is 5.43 Å². The number of anilines is 1. The van der Waals surface area contributed by atoms with E-state index in [4.69, 9.17) is 16.3 Å². The number of nitrogens with one attached hydrogen (secondary N) is 1. The highest BCUT2D eigenvalue weighted by molar-refractivity contribution is 7.92. The van der Waals surface area contributed by atoms with Gasteiger partial charge in [0.1, 0.15) is 18.0 Å². The van der Waals surface area contributed by atoms with Crippen molar-refractivity contribution < 1.29 is 28.0 Å². The van der Waals surface area contributed by atoms with Gasteiger partial charge in [-0.05, 0) is 50.2 Å². The van der Waals surface area contributed by atoms with Gasteiger partial charge in [-0.15, -0.1) is 0 Å². The van der Waals surface area contributed by atoms with Gasteiger partial charge in [0.2, 0.25) is 0 Å². The maximum absolute atomic E-state index is 13.7. The Morgan fingerprint density at radius 3 is 2.54 bits per heavy atom. The molecule has 1 amide bonds. The van der Waals surface area contributed by atoms with E-state index in [0.29, 0.717) is 5.56 Å². The van der Waals surface area contributed by atoms with E-state index in [2.05, 4.69) is 10.5 Å². The van der Waals surface area contributed by atoms with Crippen LogP contribution in [0.5, 0.6) is 11.5 Å². The Labute approximate surface area is 218 Å². The van der Waals surface area contributed by atoms with Gasteiger partial charge in [0.25, 0.3) is 21.6 Å². The molecular weight excluding hydrogens is 524 g/mol. The van der Waals surface area contributed by atoms with Crippen LogP contribution in [0, 0.1) is 17.0 Å². The number of phenolic OH excluding ortho intramolecular Hbond substituents is 1. The highest BCUT2D eigenvalue weighted by Gasteiger charge is 2.31. The number of hydrogen-bond acceptors (Lipinski definition) is 8. The molecule has 0 aromatic heterocycles. The van der Waals surface area contributed by atoms with Crippen LogP contribution in [0.2, 0.25) is 5.02 Å². The lowest BCUT2D eigenvalue weighted by Crippen LogP contribution is -2.40. The summed E-state index contributed by atoms with van der Waals surface area (Å²) >= 11 is 6.11. The lowest BCUT2D eigenvalue weighted by Gasteiger charge is -2.25. The molecule has 13 heteroatoms. The van der Waals surface area contributed by atoms with Crippen molar-refractivity contribution in [2.45, 2.75) is 18.7 Å². The smallest absolute Gasteiger partial charge is 0.273 e. The summed E-state index contributed by atoms with van der Waals surface area (Å²) in [6.45, 7) is 2.26. The summed E-state index contributed by atoms with van der Waals surface area (Å²) in [5.41, 5.74) is 2.73. The summed E-state index contributed by atoms with van der Waals surface area (Å²) in [7, 11) is -3.21. The molecule has 3 aromatic carbocycles. The summed E-state index contributed by atoms with van der Waals surface area (Å²) < 4.78 is 33.4. The first kappa shape index (κ1) is 27.4. The predicted octanol–water partition coefficient (Wildman–Crippen LogP) is 4.01. The van der Waals surface area contributed by atoms with Crippen LogP contribution in [0.4, 0.5) is 11.4 Å². The zero-order valence-corrected chi connectivity index (χ0v) is 21.6. The van der Waals surface area contributed by atoms with Gasteiger partial charge in [-0.2, -0.15) is 5.10 Å². The van der Waals surface area contributed by atoms with Gasteiger partial charge >= 0.3 is 0 Å². The van der Waals surface area contributed by atoms with Crippen LogP contribution in [-0.2, 0) is 14.8 Å². The average Bonchev–Trinajstić information content (AvgIpc) is 2.86. The number of aromatic hydroxyl groups is 1. The second-order valence-electron chi connectivity index (χ2n) is 7.78. The Hall–Kier alpha value is -4.16. The molecule has 0 fully saturated rings. The first-order chi connectivity index (χ1) is 17.4. The van der Waals surface area contributed by atoms with Crippen molar-refractivity contribution in [3.05, 3.63) is 86.9 Å². The van der Waals surface area contributed by atoms with Gasteiger partial charge in [0.05, 0.1) is 28.3 Å². The molecule has 3 rings (SSSR count). The minimum absolute atomic E-state index is 0.0492. The predicted molar refractivity (Wildman–Crippen MR) is 139 cm³/mol. The number of ether oxygens (including phenoxy) is 1. The van der Waals surface area contributed by atoms with Crippen LogP contribution in [0.1, 0.15) is 18.1 Å². The van der Waals surface area contributed by atoms with Gasteiger partial charge in [0, 0.05) is 22.2 Å². The van der Waals surface area contributed by atoms with E-state index in [1.807, 2.05) is 0 Å². The maximum atomic E-state index is 13.7. The zero-order valence-electron chi connectivity index (χ0n) is 20.0. The quantitative estimate of drug-likeness (QED) is 0.234. The molecule has 2 N–H and O–H groups in total. The lowest BCUT2D eigenvalue weighted by atomic mass is 10.1. The molecule has 0 radical (unpaired) electrons. The van der Waals surface area contributed by atoms with Crippen LogP contribution in [-0.4, -0.2) is 43.7 Å². The second-order valence-corrected chi connectivity index (χ2v) is 10.1. The number of benzene rings is 3. The molecule has 0 aliphatic heterocycles. The Morgan fingerprint density at radius 2 is 1.89 bits per heavy atom. The van der Waals surface area contributed by atoms with E-state index in [0.717, 1.165) is 10.4 Å². The molecule has 11 nitrogen and oxygen atoms in total. The number of nitro groups is 1. The van der Waals surface area contributed by atoms with Gasteiger partial charge in [-0.3, -0.25) is 19.2 Å². The van der Waals surface area contributed by atoms with Crippen molar-refractivity contribution in [2.75, 3.05) is 18.0 Å². The topological polar surface area (TPSA) is 151 Å². The number of methoxy groups -OCH3 is 1. The molecule has 37 heavy (non-hydrogen) atoms. The molecule has 0 atom stereocenters. The summed E-state index contributed by atoms with van der Waals surface area (Å²) in [5, 5.41) is 25.5. The fourth-order valence-corrected chi connectivity index (χ4v) is 4.99. The summed E-state index contributed by atoms with van der Waals surface area (Å²) in [4.78, 5) is 23.2. The SMILES string of the molecule is COc1ccc(Cl)cc1N(CC(=O)N/N=C(/C)c1ccccc1O)S(=O)(=O)c1ccc(C)c([N+](=O)[O-])c1. The molecule has 0 aliphatic rings. The Morgan fingerprint density at radius 1 is 1.19 bits per heavy atom. The fourth-order valence-electron chi connectivity index (χ4n) is 3.38. The normalized spacial score (nSPS) is 11.6. The molecule has 3 aromatic rings. The van der Waals surface area contributed by atoms with Gasteiger partial charge in [0.15, 0.2) is 0 Å². The van der Waals surface area contributed by atoms with Crippen molar-refractivity contribution in [3.63, 3.8) is 0 Å². The largest absolute Gasteiger partial charge is 0.507 e. The van der Waals surface area contributed by atoms with Gasteiger partial charge < -0.3 is 9.84 Å². The Bertz CT molecular complexity index is 1490. The number of halogens is 1. The molecule has 0 saturated heterocycles. The minimum Gasteiger partial charge on any atom is -0.507 e. The summed E-state index contributed by atoms with van der Waals surface area (Å²) in [6, 6.07) is 14.0. The second kappa shape index (κ2) is 11.3. The highest BCUT2D eigenvalue weighted by Crippen LogP contribution is 2.35. The fraction of sp³-hybridized carbons (Fsp3) is 0.167. The highest BCUT2D eigenvalue weighted by atomic mass is 35.5.